The minimum atomic E-state index is -0.0759. The van der Waals surface area contributed by atoms with Crippen LogP contribution in [0.15, 0.2) is 24.3 Å². The van der Waals surface area contributed by atoms with Gasteiger partial charge in [0.15, 0.2) is 0 Å². The molecule has 1 heterocycles. The van der Waals surface area contributed by atoms with Crippen LogP contribution in [0.4, 0.5) is 5.69 Å². The van der Waals surface area contributed by atoms with Crippen LogP contribution in [0.3, 0.4) is 0 Å². The van der Waals surface area contributed by atoms with Crippen molar-refractivity contribution in [2.24, 2.45) is 0 Å². The molecule has 2 N–H and O–H groups in total. The lowest BCUT2D eigenvalue weighted by Crippen LogP contribution is -2.40. The molecule has 108 valence electrons. The van der Waals surface area contributed by atoms with Crippen LogP contribution in [0.5, 0.6) is 5.75 Å². The van der Waals surface area contributed by atoms with E-state index >= 15 is 0 Å². The number of piperidine rings is 1. The zero-order valence-corrected chi connectivity index (χ0v) is 12.0. The van der Waals surface area contributed by atoms with E-state index in [1.807, 2.05) is 31.2 Å². The Morgan fingerprint density at radius 3 is 2.35 bits per heavy atom. The number of likely N-dealkylation sites (tertiary alicyclic amines) is 1. The second-order valence-corrected chi connectivity index (χ2v) is 5.10. The molecule has 5 heteroatoms. The quantitative estimate of drug-likeness (QED) is 0.658. The number of nitrogens with zero attached hydrogens (tertiary/aromatic N) is 1. The van der Waals surface area contributed by atoms with E-state index in [1.54, 1.807) is 0 Å². The van der Waals surface area contributed by atoms with E-state index in [9.17, 15) is 4.79 Å². The predicted molar refractivity (Wildman–Crippen MR) is 79.4 cm³/mol. The first-order chi connectivity index (χ1) is 9.54. The second-order valence-electron chi connectivity index (χ2n) is 5.10. The van der Waals surface area contributed by atoms with Crippen LogP contribution < -0.4 is 10.1 Å². The predicted octanol–water partition coefficient (Wildman–Crippen LogP) is 2.49. The number of rotatable bonds is 3. The Morgan fingerprint density at radius 2 is 1.85 bits per heavy atom. The second kappa shape index (κ2) is 6.41. The molecule has 1 aromatic rings. The number of ether oxygens (including phenoxy) is 1. The van der Waals surface area contributed by atoms with Gasteiger partial charge in [-0.2, -0.15) is 0 Å². The third kappa shape index (κ3) is 3.98. The van der Waals surface area contributed by atoms with Gasteiger partial charge in [0.1, 0.15) is 11.9 Å². The Morgan fingerprint density at radius 1 is 1.25 bits per heavy atom. The molecule has 0 atom stereocenters. The van der Waals surface area contributed by atoms with Gasteiger partial charge >= 0.3 is 0 Å². The number of carbonyl (C=O) groups excluding carboxylic acids is 1. The highest BCUT2D eigenvalue weighted by molar-refractivity contribution is 5.88. The molecule has 0 aromatic heterocycles. The Bertz CT molecular complexity index is 476. The summed E-state index contributed by atoms with van der Waals surface area (Å²) in [7, 11) is 0. The van der Waals surface area contributed by atoms with E-state index in [-0.39, 0.29) is 12.0 Å². The Labute approximate surface area is 119 Å². The van der Waals surface area contributed by atoms with Crippen LogP contribution in [-0.2, 0) is 4.79 Å². The zero-order chi connectivity index (χ0) is 14.5. The molecule has 2 rings (SSSR count). The van der Waals surface area contributed by atoms with Crippen molar-refractivity contribution in [2.75, 3.05) is 18.4 Å². The average molecular weight is 275 g/mol. The Hall–Kier alpha value is -2.04. The standard InChI is InChI=1S/C15H21N3O2/c1-11(16)18-9-7-15(8-10-18)20-14-5-3-13(4-6-14)17-12(2)19/h3-6,15-16H,7-10H2,1-2H3,(H,17,19). The van der Waals surface area contributed by atoms with Crippen LogP contribution in [0, 0.1) is 5.41 Å². The smallest absolute Gasteiger partial charge is 0.221 e. The lowest BCUT2D eigenvalue weighted by Gasteiger charge is -2.32. The van der Waals surface area contributed by atoms with E-state index in [1.165, 1.54) is 6.92 Å². The van der Waals surface area contributed by atoms with Crippen molar-refractivity contribution >= 4 is 17.4 Å². The molecule has 5 nitrogen and oxygen atoms in total. The summed E-state index contributed by atoms with van der Waals surface area (Å²) in [6.07, 6.45) is 2.07. The molecule has 20 heavy (non-hydrogen) atoms. The third-order valence-corrected chi connectivity index (χ3v) is 3.39. The van der Waals surface area contributed by atoms with Crippen LogP contribution >= 0.6 is 0 Å². The summed E-state index contributed by atoms with van der Waals surface area (Å²) < 4.78 is 5.93. The number of hydrogen-bond acceptors (Lipinski definition) is 3. The minimum absolute atomic E-state index is 0.0759. The fourth-order valence-electron chi connectivity index (χ4n) is 2.32. The van der Waals surface area contributed by atoms with Crippen molar-refractivity contribution in [1.29, 1.82) is 5.41 Å². The van der Waals surface area contributed by atoms with Gasteiger partial charge in [0.25, 0.3) is 0 Å². The highest BCUT2D eigenvalue weighted by atomic mass is 16.5. The molecule has 1 saturated heterocycles. The highest BCUT2D eigenvalue weighted by Crippen LogP contribution is 2.21. The van der Waals surface area contributed by atoms with E-state index in [4.69, 9.17) is 10.1 Å². The maximum atomic E-state index is 10.9. The first-order valence-electron chi connectivity index (χ1n) is 6.89. The third-order valence-electron chi connectivity index (χ3n) is 3.39. The van der Waals surface area contributed by atoms with E-state index in [0.29, 0.717) is 5.84 Å². The SMILES string of the molecule is CC(=N)N1CCC(Oc2ccc(NC(C)=O)cc2)CC1. The van der Waals surface area contributed by atoms with Gasteiger partial charge in [-0.15, -0.1) is 0 Å². The molecule has 1 aliphatic rings. The number of anilines is 1. The van der Waals surface area contributed by atoms with Gasteiger partial charge in [0, 0.05) is 38.5 Å². The van der Waals surface area contributed by atoms with Gasteiger partial charge in [-0.05, 0) is 31.2 Å². The Balaban J connectivity index is 1.85. The monoisotopic (exact) mass is 275 g/mol. The van der Waals surface area contributed by atoms with Gasteiger partial charge in [0.05, 0.1) is 5.84 Å². The summed E-state index contributed by atoms with van der Waals surface area (Å²) in [5.41, 5.74) is 0.777. The number of amides is 1. The van der Waals surface area contributed by atoms with Gasteiger partial charge in [-0.3, -0.25) is 10.2 Å². The van der Waals surface area contributed by atoms with E-state index < -0.39 is 0 Å². The zero-order valence-electron chi connectivity index (χ0n) is 12.0. The van der Waals surface area contributed by atoms with Crippen molar-refractivity contribution in [3.05, 3.63) is 24.3 Å². The normalized spacial score (nSPS) is 15.8. The molecule has 0 saturated carbocycles. The van der Waals surface area contributed by atoms with Gasteiger partial charge in [0.2, 0.25) is 5.91 Å². The van der Waals surface area contributed by atoms with E-state index in [0.717, 1.165) is 37.4 Å². The lowest BCUT2D eigenvalue weighted by molar-refractivity contribution is -0.114. The molecular formula is C15H21N3O2. The molecule has 1 amide bonds. The first-order valence-corrected chi connectivity index (χ1v) is 6.89. The molecule has 0 bridgehead atoms. The molecule has 0 aliphatic carbocycles. The molecule has 1 aliphatic heterocycles. The molecule has 0 unspecified atom stereocenters. The number of nitrogens with one attached hydrogen (secondary N) is 2. The number of hydrogen-bond donors (Lipinski definition) is 2. The summed E-state index contributed by atoms with van der Waals surface area (Å²) in [5, 5.41) is 10.3. The summed E-state index contributed by atoms with van der Waals surface area (Å²) in [6.45, 7) is 5.07. The van der Waals surface area contributed by atoms with Crippen LogP contribution in [-0.4, -0.2) is 35.8 Å². The van der Waals surface area contributed by atoms with Gasteiger partial charge < -0.3 is 15.0 Å². The van der Waals surface area contributed by atoms with Crippen molar-refractivity contribution < 1.29 is 9.53 Å². The highest BCUT2D eigenvalue weighted by Gasteiger charge is 2.20. The van der Waals surface area contributed by atoms with Crippen LogP contribution in [0.25, 0.3) is 0 Å². The summed E-state index contributed by atoms with van der Waals surface area (Å²) in [4.78, 5) is 13.0. The number of benzene rings is 1. The van der Waals surface area contributed by atoms with Crippen LogP contribution in [0.1, 0.15) is 26.7 Å². The molecule has 1 aromatic carbocycles. The average Bonchev–Trinajstić information content (AvgIpc) is 2.41. The van der Waals surface area contributed by atoms with Crippen molar-refractivity contribution in [3.8, 4) is 5.75 Å². The molecule has 1 fully saturated rings. The minimum Gasteiger partial charge on any atom is -0.490 e. The van der Waals surface area contributed by atoms with Gasteiger partial charge in [-0.25, -0.2) is 0 Å². The largest absolute Gasteiger partial charge is 0.490 e. The fraction of sp³-hybridized carbons (Fsp3) is 0.467. The first kappa shape index (κ1) is 14.4. The van der Waals surface area contributed by atoms with E-state index in [2.05, 4.69) is 10.2 Å². The number of carbonyl (C=O) groups is 1. The maximum absolute atomic E-state index is 10.9. The Kier molecular flexibility index (Phi) is 4.61. The molecule has 0 spiro atoms. The van der Waals surface area contributed by atoms with Crippen molar-refractivity contribution in [1.82, 2.24) is 4.90 Å². The fourth-order valence-corrected chi connectivity index (χ4v) is 2.32. The summed E-state index contributed by atoms with van der Waals surface area (Å²) in [6, 6.07) is 7.43. The molecular weight excluding hydrogens is 254 g/mol. The maximum Gasteiger partial charge on any atom is 0.221 e. The van der Waals surface area contributed by atoms with Crippen LogP contribution in [0.2, 0.25) is 0 Å². The van der Waals surface area contributed by atoms with Gasteiger partial charge in [-0.1, -0.05) is 0 Å². The summed E-state index contributed by atoms with van der Waals surface area (Å²) >= 11 is 0. The summed E-state index contributed by atoms with van der Waals surface area (Å²) in [5.74, 6) is 1.38. The topological polar surface area (TPSA) is 65.4 Å². The lowest BCUT2D eigenvalue weighted by atomic mass is 10.1. The number of amidine groups is 1. The van der Waals surface area contributed by atoms with Crippen molar-refractivity contribution in [2.45, 2.75) is 32.8 Å². The molecule has 0 radical (unpaired) electrons. The van der Waals surface area contributed by atoms with Crippen molar-refractivity contribution in [3.63, 3.8) is 0 Å².